The summed E-state index contributed by atoms with van der Waals surface area (Å²) in [6, 6.07) is 6.97. The Morgan fingerprint density at radius 3 is 2.76 bits per heavy atom. The summed E-state index contributed by atoms with van der Waals surface area (Å²) >= 11 is 0. The molecule has 3 nitrogen and oxygen atoms in total. The first-order valence-electron chi connectivity index (χ1n) is 8.54. The summed E-state index contributed by atoms with van der Waals surface area (Å²) in [6.07, 6.45) is 8.28. The predicted molar refractivity (Wildman–Crippen MR) is 85.6 cm³/mol. The molecule has 3 atom stereocenters. The van der Waals surface area contributed by atoms with Crippen LogP contribution < -0.4 is 5.32 Å². The van der Waals surface area contributed by atoms with Crippen molar-refractivity contribution in [2.75, 3.05) is 18.9 Å². The van der Waals surface area contributed by atoms with Crippen LogP contribution in [0.3, 0.4) is 0 Å². The van der Waals surface area contributed by atoms with E-state index in [2.05, 4.69) is 23.3 Å². The van der Waals surface area contributed by atoms with Gasteiger partial charge in [0.05, 0.1) is 0 Å². The lowest BCUT2D eigenvalue weighted by Gasteiger charge is -2.43. The highest BCUT2D eigenvalue weighted by Gasteiger charge is 2.45. The molecule has 3 heteroatoms. The first-order valence-corrected chi connectivity index (χ1v) is 8.54. The highest BCUT2D eigenvalue weighted by Crippen LogP contribution is 2.49. The number of rotatable bonds is 1. The van der Waals surface area contributed by atoms with Crippen molar-refractivity contribution < 1.29 is 5.11 Å². The van der Waals surface area contributed by atoms with Crippen molar-refractivity contribution in [3.63, 3.8) is 0 Å². The molecule has 3 aliphatic rings. The largest absolute Gasteiger partial charge is 0.508 e. The van der Waals surface area contributed by atoms with Gasteiger partial charge in [0.15, 0.2) is 0 Å². The second-order valence-electron chi connectivity index (χ2n) is 7.22. The fraction of sp³-hybridized carbons (Fsp3) is 0.667. The second kappa shape index (κ2) is 5.20. The second-order valence-corrected chi connectivity index (χ2v) is 7.22. The zero-order valence-corrected chi connectivity index (χ0v) is 12.9. The summed E-state index contributed by atoms with van der Waals surface area (Å²) in [4.78, 5) is 2.49. The minimum atomic E-state index is 0.394. The summed E-state index contributed by atoms with van der Waals surface area (Å²) in [6.45, 7) is 1.18. The van der Waals surface area contributed by atoms with E-state index >= 15 is 0 Å². The predicted octanol–water partition coefficient (Wildman–Crippen LogP) is 3.76. The molecule has 1 aromatic carbocycles. The minimum Gasteiger partial charge on any atom is -0.508 e. The lowest BCUT2D eigenvalue weighted by Crippen LogP contribution is -2.43. The third-order valence-electron chi connectivity index (χ3n) is 5.99. The van der Waals surface area contributed by atoms with Gasteiger partial charge in [-0.15, -0.1) is 0 Å². The van der Waals surface area contributed by atoms with Gasteiger partial charge < -0.3 is 10.4 Å². The lowest BCUT2D eigenvalue weighted by molar-refractivity contribution is 0.198. The Morgan fingerprint density at radius 2 is 1.95 bits per heavy atom. The van der Waals surface area contributed by atoms with Crippen molar-refractivity contribution in [1.29, 1.82) is 0 Å². The average molecular weight is 286 g/mol. The van der Waals surface area contributed by atoms with E-state index in [-0.39, 0.29) is 0 Å². The van der Waals surface area contributed by atoms with Gasteiger partial charge in [-0.3, -0.25) is 4.90 Å². The van der Waals surface area contributed by atoms with E-state index in [4.69, 9.17) is 0 Å². The quantitative estimate of drug-likeness (QED) is 0.772. The molecular formula is C18H26N2O. The van der Waals surface area contributed by atoms with Gasteiger partial charge >= 0.3 is 0 Å². The van der Waals surface area contributed by atoms with Crippen LogP contribution >= 0.6 is 0 Å². The lowest BCUT2D eigenvalue weighted by atomic mass is 9.73. The fourth-order valence-corrected chi connectivity index (χ4v) is 4.99. The number of phenolic OH excluding ortho intramolecular Hbond substituents is 1. The van der Waals surface area contributed by atoms with Crippen molar-refractivity contribution in [2.45, 2.75) is 50.6 Å². The molecule has 21 heavy (non-hydrogen) atoms. The smallest absolute Gasteiger partial charge is 0.116 e. The molecule has 2 N–H and O–H groups in total. The Kier molecular flexibility index (Phi) is 3.33. The van der Waals surface area contributed by atoms with E-state index in [1.165, 1.54) is 56.3 Å². The molecule has 0 radical (unpaired) electrons. The van der Waals surface area contributed by atoms with Crippen LogP contribution in [0.5, 0.6) is 5.75 Å². The van der Waals surface area contributed by atoms with Crippen LogP contribution in [0.4, 0.5) is 5.69 Å². The van der Waals surface area contributed by atoms with Crippen LogP contribution in [0.15, 0.2) is 18.2 Å². The Labute approximate surface area is 127 Å². The van der Waals surface area contributed by atoms with Crippen LogP contribution in [0.25, 0.3) is 0 Å². The van der Waals surface area contributed by atoms with E-state index in [0.717, 1.165) is 5.92 Å². The summed E-state index contributed by atoms with van der Waals surface area (Å²) in [5.74, 6) is 1.93. The monoisotopic (exact) mass is 286 g/mol. The van der Waals surface area contributed by atoms with Crippen LogP contribution in [0.1, 0.15) is 50.1 Å². The summed E-state index contributed by atoms with van der Waals surface area (Å²) in [5.41, 5.74) is 2.55. The Hall–Kier alpha value is -1.22. The molecule has 1 saturated carbocycles. The molecule has 0 amide bonds. The Bertz CT molecular complexity index is 524. The molecule has 114 valence electrons. The molecule has 2 heterocycles. The molecule has 2 aliphatic heterocycles. The van der Waals surface area contributed by atoms with Gasteiger partial charge in [-0.05, 0) is 62.5 Å². The van der Waals surface area contributed by atoms with Crippen molar-refractivity contribution in [1.82, 2.24) is 4.90 Å². The van der Waals surface area contributed by atoms with Crippen molar-refractivity contribution in [2.24, 2.45) is 11.8 Å². The van der Waals surface area contributed by atoms with Gasteiger partial charge in [-0.2, -0.15) is 0 Å². The maximum atomic E-state index is 9.86. The molecular weight excluding hydrogens is 260 g/mol. The molecule has 1 saturated heterocycles. The van der Waals surface area contributed by atoms with Crippen molar-refractivity contribution >= 4 is 5.69 Å². The van der Waals surface area contributed by atoms with Gasteiger partial charge in [0, 0.05) is 23.7 Å². The number of hydrogen-bond donors (Lipinski definition) is 2. The van der Waals surface area contributed by atoms with Crippen molar-refractivity contribution in [3.05, 3.63) is 23.8 Å². The maximum absolute atomic E-state index is 9.86. The molecule has 1 aliphatic carbocycles. The highest BCUT2D eigenvalue weighted by molar-refractivity contribution is 5.59. The number of nitrogens with zero attached hydrogens (tertiary/aromatic N) is 1. The summed E-state index contributed by atoms with van der Waals surface area (Å²) < 4.78 is 0. The first-order chi connectivity index (χ1) is 10.2. The van der Waals surface area contributed by atoms with Crippen LogP contribution in [0, 0.1) is 11.8 Å². The minimum absolute atomic E-state index is 0.394. The van der Waals surface area contributed by atoms with Gasteiger partial charge in [0.1, 0.15) is 5.75 Å². The van der Waals surface area contributed by atoms with E-state index in [1.54, 1.807) is 0 Å². The average Bonchev–Trinajstić information content (AvgIpc) is 2.90. The summed E-state index contributed by atoms with van der Waals surface area (Å²) in [5, 5.41) is 13.7. The van der Waals surface area contributed by atoms with E-state index < -0.39 is 0 Å². The zero-order valence-electron chi connectivity index (χ0n) is 12.9. The Morgan fingerprint density at radius 1 is 1.14 bits per heavy atom. The summed E-state index contributed by atoms with van der Waals surface area (Å²) in [7, 11) is 2.24. The van der Waals surface area contributed by atoms with Gasteiger partial charge in [0.25, 0.3) is 0 Å². The topological polar surface area (TPSA) is 35.5 Å². The molecule has 2 fully saturated rings. The molecule has 0 spiro atoms. The van der Waals surface area contributed by atoms with Crippen LogP contribution in [-0.2, 0) is 0 Å². The van der Waals surface area contributed by atoms with Crippen molar-refractivity contribution in [3.8, 4) is 5.75 Å². The number of hydrogen-bond acceptors (Lipinski definition) is 3. The number of fused-ring (bicyclic) bond motifs is 3. The van der Waals surface area contributed by atoms with Gasteiger partial charge in [-0.1, -0.05) is 19.3 Å². The van der Waals surface area contributed by atoms with Gasteiger partial charge in [0.2, 0.25) is 0 Å². The van der Waals surface area contributed by atoms with E-state index in [0.29, 0.717) is 23.8 Å². The third-order valence-corrected chi connectivity index (χ3v) is 5.99. The number of aromatic hydroxyl groups is 1. The highest BCUT2D eigenvalue weighted by atomic mass is 16.3. The fourth-order valence-electron chi connectivity index (χ4n) is 4.99. The standard InChI is InChI=1S/C18H26N2O/c1-20-10-9-14-17(12-5-3-2-4-6-12)19-16-8-7-13(21)11-15(16)18(14)20/h7-8,11-12,14,17-19,21H,2-6,9-10H2,1H3. The molecule has 0 bridgehead atoms. The number of anilines is 1. The van der Waals surface area contributed by atoms with E-state index in [9.17, 15) is 5.11 Å². The van der Waals surface area contributed by atoms with Crippen LogP contribution in [-0.4, -0.2) is 29.6 Å². The van der Waals surface area contributed by atoms with Crippen LogP contribution in [0.2, 0.25) is 0 Å². The SMILES string of the molecule is CN1CCC2C(C3CCCCC3)Nc3ccc(O)cc3C21. The molecule has 3 unspecified atom stereocenters. The zero-order chi connectivity index (χ0) is 14.4. The van der Waals surface area contributed by atoms with Gasteiger partial charge in [-0.25, -0.2) is 0 Å². The maximum Gasteiger partial charge on any atom is 0.116 e. The number of nitrogens with one attached hydrogen (secondary N) is 1. The number of benzene rings is 1. The third kappa shape index (κ3) is 2.22. The molecule has 1 aromatic rings. The molecule has 4 rings (SSSR count). The molecule has 0 aromatic heterocycles. The Balaban J connectivity index is 1.70. The number of phenols is 1. The first kappa shape index (κ1) is 13.4. The number of likely N-dealkylation sites (tertiary alicyclic amines) is 1. The van der Waals surface area contributed by atoms with E-state index in [1.807, 2.05) is 12.1 Å². The normalized spacial score (nSPS) is 33.3.